The zero-order valence-corrected chi connectivity index (χ0v) is 20.2. The average molecular weight is 532 g/mol. The SMILES string of the molecule is CN=C(NCc1ccc(S(N)(=O)=O)cc1)NCc1ccc(C)cc1OC(C)C.I. The molecule has 0 spiro atoms. The van der Waals surface area contributed by atoms with Gasteiger partial charge in [0.1, 0.15) is 5.75 Å². The van der Waals surface area contributed by atoms with E-state index < -0.39 is 10.0 Å². The lowest BCUT2D eigenvalue weighted by atomic mass is 10.1. The number of benzene rings is 2. The molecule has 2 aromatic carbocycles. The molecule has 0 amide bonds. The standard InChI is InChI=1S/C20H28N4O3S.HI/c1-14(2)27-19-11-15(3)5-8-17(19)13-24-20(22-4)23-12-16-6-9-18(10-7-16)28(21,25)26;/h5-11,14H,12-13H2,1-4H3,(H2,21,25,26)(H2,22,23,24);1H. The molecule has 0 aromatic heterocycles. The van der Waals surface area contributed by atoms with Crippen LogP contribution in [0.4, 0.5) is 0 Å². The van der Waals surface area contributed by atoms with E-state index in [0.717, 1.165) is 22.4 Å². The summed E-state index contributed by atoms with van der Waals surface area (Å²) in [6.07, 6.45) is 0.0956. The van der Waals surface area contributed by atoms with Crippen molar-refractivity contribution in [2.24, 2.45) is 10.1 Å². The van der Waals surface area contributed by atoms with Gasteiger partial charge in [-0.25, -0.2) is 13.6 Å². The third-order valence-corrected chi connectivity index (χ3v) is 4.90. The highest BCUT2D eigenvalue weighted by Crippen LogP contribution is 2.21. The fourth-order valence-electron chi connectivity index (χ4n) is 2.55. The van der Waals surface area contributed by atoms with Crippen LogP contribution in [0.2, 0.25) is 0 Å². The predicted octanol–water partition coefficient (Wildman–Crippen LogP) is 2.91. The fourth-order valence-corrected chi connectivity index (χ4v) is 3.07. The molecule has 0 aliphatic heterocycles. The lowest BCUT2D eigenvalue weighted by Crippen LogP contribution is -2.36. The lowest BCUT2D eigenvalue weighted by molar-refractivity contribution is 0.239. The molecule has 29 heavy (non-hydrogen) atoms. The normalized spacial score (nSPS) is 11.7. The topological polar surface area (TPSA) is 106 Å². The molecule has 0 aliphatic rings. The Balaban J connectivity index is 0.00000420. The van der Waals surface area contributed by atoms with Crippen molar-refractivity contribution < 1.29 is 13.2 Å². The summed E-state index contributed by atoms with van der Waals surface area (Å²) in [6, 6.07) is 12.5. The summed E-state index contributed by atoms with van der Waals surface area (Å²) >= 11 is 0. The molecule has 0 radical (unpaired) electrons. The van der Waals surface area contributed by atoms with Gasteiger partial charge in [0.2, 0.25) is 10.0 Å². The number of nitrogens with one attached hydrogen (secondary N) is 2. The molecule has 0 saturated carbocycles. The first-order chi connectivity index (χ1) is 13.2. The number of hydrogen-bond acceptors (Lipinski definition) is 4. The Hall–Kier alpha value is -1.85. The van der Waals surface area contributed by atoms with Crippen molar-refractivity contribution >= 4 is 40.0 Å². The van der Waals surface area contributed by atoms with E-state index in [2.05, 4.69) is 15.6 Å². The van der Waals surface area contributed by atoms with Gasteiger partial charge in [0.15, 0.2) is 5.96 Å². The molecular weight excluding hydrogens is 503 g/mol. The van der Waals surface area contributed by atoms with Gasteiger partial charge in [0.05, 0.1) is 11.0 Å². The number of ether oxygens (including phenoxy) is 1. The predicted molar refractivity (Wildman–Crippen MR) is 127 cm³/mol. The number of hydrogen-bond donors (Lipinski definition) is 3. The Morgan fingerprint density at radius 1 is 1.10 bits per heavy atom. The highest BCUT2D eigenvalue weighted by Gasteiger charge is 2.09. The number of nitrogens with two attached hydrogens (primary N) is 1. The molecule has 0 saturated heterocycles. The minimum atomic E-state index is -3.68. The maximum atomic E-state index is 11.3. The van der Waals surface area contributed by atoms with Crippen molar-refractivity contribution in [1.82, 2.24) is 10.6 Å². The van der Waals surface area contributed by atoms with Crippen LogP contribution in [0.25, 0.3) is 0 Å². The van der Waals surface area contributed by atoms with Crippen LogP contribution in [-0.2, 0) is 23.1 Å². The quantitative estimate of drug-likeness (QED) is 0.289. The van der Waals surface area contributed by atoms with E-state index in [1.807, 2.05) is 39.0 Å². The number of aliphatic imine (C=N–C) groups is 1. The maximum absolute atomic E-state index is 11.3. The molecule has 0 atom stereocenters. The molecule has 9 heteroatoms. The molecule has 4 N–H and O–H groups in total. The molecule has 2 rings (SSSR count). The molecule has 7 nitrogen and oxygen atoms in total. The average Bonchev–Trinajstić information content (AvgIpc) is 2.62. The third-order valence-electron chi connectivity index (χ3n) is 3.97. The summed E-state index contributed by atoms with van der Waals surface area (Å²) in [4.78, 5) is 4.31. The van der Waals surface area contributed by atoms with Gasteiger partial charge in [-0.2, -0.15) is 0 Å². The first-order valence-corrected chi connectivity index (χ1v) is 10.6. The van der Waals surface area contributed by atoms with E-state index in [1.54, 1.807) is 19.2 Å². The smallest absolute Gasteiger partial charge is 0.238 e. The molecule has 0 heterocycles. The van der Waals surface area contributed by atoms with Crippen LogP contribution >= 0.6 is 24.0 Å². The van der Waals surface area contributed by atoms with Crippen molar-refractivity contribution in [3.05, 3.63) is 59.2 Å². The van der Waals surface area contributed by atoms with Crippen LogP contribution in [0.15, 0.2) is 52.4 Å². The summed E-state index contributed by atoms with van der Waals surface area (Å²) in [5.41, 5.74) is 3.10. The van der Waals surface area contributed by atoms with Crippen molar-refractivity contribution in [3.63, 3.8) is 0 Å². The van der Waals surface area contributed by atoms with Gasteiger partial charge in [-0.15, -0.1) is 24.0 Å². The molecule has 2 aromatic rings. The van der Waals surface area contributed by atoms with E-state index in [4.69, 9.17) is 9.88 Å². The Bertz CT molecular complexity index is 929. The van der Waals surface area contributed by atoms with Crippen LogP contribution in [0.3, 0.4) is 0 Å². The minimum Gasteiger partial charge on any atom is -0.491 e. The largest absolute Gasteiger partial charge is 0.491 e. The Kier molecular flexibility index (Phi) is 9.87. The first-order valence-electron chi connectivity index (χ1n) is 9.01. The van der Waals surface area contributed by atoms with E-state index in [-0.39, 0.29) is 35.0 Å². The van der Waals surface area contributed by atoms with Crippen LogP contribution in [-0.4, -0.2) is 27.5 Å². The Morgan fingerprint density at radius 3 is 2.28 bits per heavy atom. The summed E-state index contributed by atoms with van der Waals surface area (Å²) in [6.45, 7) is 7.09. The second kappa shape index (κ2) is 11.4. The van der Waals surface area contributed by atoms with Gasteiger partial charge in [-0.3, -0.25) is 4.99 Å². The summed E-state index contributed by atoms with van der Waals surface area (Å²) < 4.78 is 28.5. The minimum absolute atomic E-state index is 0. The molecule has 0 unspecified atom stereocenters. The van der Waals surface area contributed by atoms with Gasteiger partial charge in [-0.1, -0.05) is 24.3 Å². The number of guanidine groups is 1. The first kappa shape index (κ1) is 25.2. The van der Waals surface area contributed by atoms with Crippen LogP contribution in [0.1, 0.15) is 30.5 Å². The van der Waals surface area contributed by atoms with E-state index in [9.17, 15) is 8.42 Å². The second-order valence-electron chi connectivity index (χ2n) is 6.75. The summed E-state index contributed by atoms with van der Waals surface area (Å²) in [7, 11) is -1.98. The van der Waals surface area contributed by atoms with Gasteiger partial charge in [0, 0.05) is 25.7 Å². The fraction of sp³-hybridized carbons (Fsp3) is 0.350. The maximum Gasteiger partial charge on any atom is 0.238 e. The summed E-state index contributed by atoms with van der Waals surface area (Å²) in [5.74, 6) is 1.49. The van der Waals surface area contributed by atoms with Gasteiger partial charge in [0.25, 0.3) is 0 Å². The van der Waals surface area contributed by atoms with E-state index in [0.29, 0.717) is 19.0 Å². The van der Waals surface area contributed by atoms with Crippen molar-refractivity contribution in [2.75, 3.05) is 7.05 Å². The van der Waals surface area contributed by atoms with Crippen molar-refractivity contribution in [2.45, 2.75) is 44.9 Å². The van der Waals surface area contributed by atoms with Gasteiger partial charge in [-0.05, 0) is 50.1 Å². The number of primary sulfonamides is 1. The van der Waals surface area contributed by atoms with Gasteiger partial charge >= 0.3 is 0 Å². The van der Waals surface area contributed by atoms with Gasteiger partial charge < -0.3 is 15.4 Å². The Morgan fingerprint density at radius 2 is 1.72 bits per heavy atom. The second-order valence-corrected chi connectivity index (χ2v) is 8.31. The number of aryl methyl sites for hydroxylation is 1. The number of nitrogens with zero attached hydrogens (tertiary/aromatic N) is 1. The third kappa shape index (κ3) is 8.19. The zero-order valence-electron chi connectivity index (χ0n) is 17.1. The van der Waals surface area contributed by atoms with E-state index >= 15 is 0 Å². The number of sulfonamides is 1. The monoisotopic (exact) mass is 532 g/mol. The van der Waals surface area contributed by atoms with Crippen LogP contribution in [0, 0.1) is 6.92 Å². The van der Waals surface area contributed by atoms with Crippen LogP contribution in [0.5, 0.6) is 5.75 Å². The Labute approximate surface area is 190 Å². The van der Waals surface area contributed by atoms with E-state index in [1.165, 1.54) is 12.1 Å². The number of halogens is 1. The zero-order chi connectivity index (χ0) is 20.7. The molecule has 160 valence electrons. The van der Waals surface area contributed by atoms with Crippen LogP contribution < -0.4 is 20.5 Å². The lowest BCUT2D eigenvalue weighted by Gasteiger charge is -2.17. The van der Waals surface area contributed by atoms with Crippen molar-refractivity contribution in [3.8, 4) is 5.75 Å². The van der Waals surface area contributed by atoms with Crippen molar-refractivity contribution in [1.29, 1.82) is 0 Å². The number of rotatable bonds is 7. The molecule has 0 bridgehead atoms. The highest BCUT2D eigenvalue weighted by molar-refractivity contribution is 14.0. The molecule has 0 fully saturated rings. The molecule has 0 aliphatic carbocycles. The summed E-state index contributed by atoms with van der Waals surface area (Å²) in [5, 5.41) is 11.6. The molecular formula is C20H29IN4O3S. The highest BCUT2D eigenvalue weighted by atomic mass is 127.